The Balaban J connectivity index is 1.71. The third-order valence-corrected chi connectivity index (χ3v) is 13.3. The second-order valence-corrected chi connectivity index (χ2v) is 21.6. The van der Waals surface area contributed by atoms with Crippen LogP contribution in [0.15, 0.2) is 65.3 Å². The van der Waals surface area contributed by atoms with Crippen LogP contribution in [-0.4, -0.2) is 28.4 Å². The Hall–Kier alpha value is -4.12. The van der Waals surface area contributed by atoms with Gasteiger partial charge in [-0.2, -0.15) is 0 Å². The van der Waals surface area contributed by atoms with Gasteiger partial charge in [0.1, 0.15) is 45.3 Å². The van der Waals surface area contributed by atoms with Crippen LogP contribution in [0.5, 0.6) is 23.0 Å². The third-order valence-electron chi connectivity index (χ3n) is 10.2. The minimum Gasteiger partial charge on any atom is -0.497 e. The standard InChI is InChI=1S/C46H60O8P2/c1-43(2,3)35-23-27(47-13)19-31-32-20-28(48-14)24-36(44(4,5)6)40(32)52-55(51-39(31)35)17-18-56-53-41-33(21-29(49-15)25-37(41)45(7,8)9)34-22-30(50-16)26-38(42(34)54-56)46(10,11)12/h19-26H,17-18H2,1-16H3. The normalized spacial score (nSPS) is 12.8. The first-order valence-electron chi connectivity index (χ1n) is 19.2. The van der Waals surface area contributed by atoms with Gasteiger partial charge >= 0.3 is 0 Å². The summed E-state index contributed by atoms with van der Waals surface area (Å²) in [6, 6.07) is 16.6. The van der Waals surface area contributed by atoms with Gasteiger partial charge in [-0.05, 0) is 70.2 Å². The minimum atomic E-state index is -1.54. The van der Waals surface area contributed by atoms with Crippen molar-refractivity contribution in [3.63, 3.8) is 0 Å². The Morgan fingerprint density at radius 3 is 0.714 bits per heavy atom. The molecule has 0 aliphatic carbocycles. The maximum absolute atomic E-state index is 7.13. The molecule has 4 aromatic carbocycles. The van der Waals surface area contributed by atoms with Gasteiger partial charge in [0, 0.05) is 43.8 Å². The minimum absolute atomic E-state index is 0.254. The second-order valence-electron chi connectivity index (χ2n) is 18.7. The maximum Gasteiger partial charge on any atom is 0.217 e. The molecule has 0 bridgehead atoms. The molecule has 0 fully saturated rings. The SMILES string of the molecule is COc1cc(C(C)(C)C)c2op(CCp3oc4c(C(C)(C)C)cc(OC)cc4c4cc(OC)cc(C(C)(C)C)c4o3)oc3c(C(C)(C)C)cc(OC)cc3c2c1. The number of benzene rings is 4. The molecule has 0 saturated carbocycles. The summed E-state index contributed by atoms with van der Waals surface area (Å²) >= 11 is 0. The number of rotatable bonds is 7. The molecular weight excluding hydrogens is 742 g/mol. The van der Waals surface area contributed by atoms with Crippen molar-refractivity contribution in [1.82, 2.24) is 0 Å². The maximum atomic E-state index is 7.13. The first-order valence-corrected chi connectivity index (χ1v) is 22.0. The number of aryl methyl sites for hydroxylation is 2. The van der Waals surface area contributed by atoms with E-state index in [-0.39, 0.29) is 21.7 Å². The van der Waals surface area contributed by atoms with Crippen molar-refractivity contribution in [2.24, 2.45) is 0 Å². The van der Waals surface area contributed by atoms with Gasteiger partial charge in [0.2, 0.25) is 16.0 Å². The smallest absolute Gasteiger partial charge is 0.217 e. The zero-order valence-electron chi connectivity index (χ0n) is 36.2. The topological polar surface area (TPSA) is 89.5 Å². The fourth-order valence-electron chi connectivity index (χ4n) is 7.09. The Kier molecular flexibility index (Phi) is 11.1. The van der Waals surface area contributed by atoms with Gasteiger partial charge in [-0.15, -0.1) is 0 Å². The van der Waals surface area contributed by atoms with E-state index in [2.05, 4.69) is 132 Å². The van der Waals surface area contributed by atoms with E-state index in [4.69, 9.17) is 35.7 Å². The van der Waals surface area contributed by atoms with Crippen LogP contribution in [-0.2, 0) is 34.0 Å². The van der Waals surface area contributed by atoms with Crippen molar-refractivity contribution in [3.05, 3.63) is 70.8 Å². The number of hydrogen-bond donors (Lipinski definition) is 0. The van der Waals surface area contributed by atoms with E-state index in [0.29, 0.717) is 12.3 Å². The van der Waals surface area contributed by atoms with Crippen LogP contribution < -0.4 is 18.9 Å². The molecule has 8 nitrogen and oxygen atoms in total. The molecular formula is C46H60O8P2. The predicted molar refractivity (Wildman–Crippen MR) is 234 cm³/mol. The largest absolute Gasteiger partial charge is 0.497 e. The van der Waals surface area contributed by atoms with E-state index < -0.39 is 16.0 Å². The molecule has 0 aliphatic rings. The van der Waals surface area contributed by atoms with E-state index >= 15 is 0 Å². The van der Waals surface area contributed by atoms with Crippen molar-refractivity contribution in [1.29, 1.82) is 0 Å². The molecule has 0 unspecified atom stereocenters. The molecule has 0 atom stereocenters. The molecule has 0 saturated heterocycles. The summed E-state index contributed by atoms with van der Waals surface area (Å²) in [6.45, 7) is 26.4. The summed E-state index contributed by atoms with van der Waals surface area (Å²) in [6.07, 6.45) is 1.11. The molecule has 0 amide bonds. The molecule has 0 N–H and O–H groups in total. The van der Waals surface area contributed by atoms with Crippen LogP contribution in [0, 0.1) is 0 Å². The number of ether oxygens (including phenoxy) is 4. The summed E-state index contributed by atoms with van der Waals surface area (Å²) < 4.78 is 52.0. The molecule has 2 heterocycles. The van der Waals surface area contributed by atoms with Gasteiger partial charge < -0.3 is 35.7 Å². The highest BCUT2D eigenvalue weighted by Gasteiger charge is 2.28. The Bertz CT molecular complexity index is 2170. The van der Waals surface area contributed by atoms with Crippen LogP contribution in [0.25, 0.3) is 43.9 Å². The fourth-order valence-corrected chi connectivity index (χ4v) is 10.4. The highest BCUT2D eigenvalue weighted by molar-refractivity contribution is 7.40. The zero-order valence-corrected chi connectivity index (χ0v) is 38.0. The van der Waals surface area contributed by atoms with Gasteiger partial charge in [0.25, 0.3) is 0 Å². The molecule has 302 valence electrons. The summed E-state index contributed by atoms with van der Waals surface area (Å²) in [5, 5.41) is 3.67. The Morgan fingerprint density at radius 1 is 0.357 bits per heavy atom. The van der Waals surface area contributed by atoms with E-state index in [1.807, 2.05) is 0 Å². The summed E-state index contributed by atoms with van der Waals surface area (Å²) in [4.78, 5) is 0. The van der Waals surface area contributed by atoms with E-state index in [0.717, 1.165) is 89.1 Å². The second kappa shape index (κ2) is 15.0. The molecule has 10 heteroatoms. The highest BCUT2D eigenvalue weighted by Crippen LogP contribution is 2.49. The monoisotopic (exact) mass is 802 g/mol. The average Bonchev–Trinajstić information content (AvgIpc) is 3.37. The molecule has 2 aromatic heterocycles. The van der Waals surface area contributed by atoms with Crippen molar-refractivity contribution in [2.45, 2.75) is 117 Å². The van der Waals surface area contributed by atoms with E-state index in [1.54, 1.807) is 28.4 Å². The van der Waals surface area contributed by atoms with Gasteiger partial charge in [-0.3, -0.25) is 0 Å². The van der Waals surface area contributed by atoms with Gasteiger partial charge in [-0.1, -0.05) is 83.1 Å². The van der Waals surface area contributed by atoms with Crippen molar-refractivity contribution >= 4 is 59.9 Å². The molecule has 0 aliphatic heterocycles. The van der Waals surface area contributed by atoms with Crippen LogP contribution in [0.2, 0.25) is 0 Å². The average molecular weight is 803 g/mol. The van der Waals surface area contributed by atoms with Crippen molar-refractivity contribution in [3.8, 4) is 23.0 Å². The van der Waals surface area contributed by atoms with Crippen molar-refractivity contribution in [2.75, 3.05) is 28.4 Å². The lowest BCUT2D eigenvalue weighted by Crippen LogP contribution is -2.12. The predicted octanol–water partition coefficient (Wildman–Crippen LogP) is 14.8. The Morgan fingerprint density at radius 2 is 0.554 bits per heavy atom. The van der Waals surface area contributed by atoms with Crippen LogP contribution in [0.1, 0.15) is 105 Å². The number of methoxy groups -OCH3 is 4. The Labute approximate surface area is 333 Å². The van der Waals surface area contributed by atoms with Crippen LogP contribution >= 0.6 is 16.0 Å². The lowest BCUT2D eigenvalue weighted by molar-refractivity contribution is 0.413. The van der Waals surface area contributed by atoms with Crippen LogP contribution in [0.3, 0.4) is 0 Å². The molecule has 0 radical (unpaired) electrons. The molecule has 56 heavy (non-hydrogen) atoms. The third kappa shape index (κ3) is 8.16. The lowest BCUT2D eigenvalue weighted by Gasteiger charge is -2.21. The molecule has 6 rings (SSSR count). The van der Waals surface area contributed by atoms with Gasteiger partial charge in [0.15, 0.2) is 0 Å². The summed E-state index contributed by atoms with van der Waals surface area (Å²) in [7, 11) is 3.74. The fraction of sp³-hybridized carbons (Fsp3) is 0.478. The molecule has 6 aromatic rings. The highest BCUT2D eigenvalue weighted by atomic mass is 31.1. The summed E-state index contributed by atoms with van der Waals surface area (Å²) in [5.74, 6) is 3.03. The van der Waals surface area contributed by atoms with Gasteiger partial charge in [-0.25, -0.2) is 0 Å². The zero-order chi connectivity index (χ0) is 41.1. The number of fused-ring (bicyclic) bond motifs is 6. The van der Waals surface area contributed by atoms with E-state index in [9.17, 15) is 0 Å². The van der Waals surface area contributed by atoms with Crippen LogP contribution in [0.4, 0.5) is 0 Å². The van der Waals surface area contributed by atoms with Crippen molar-refractivity contribution < 1.29 is 35.7 Å². The lowest BCUT2D eigenvalue weighted by atomic mass is 9.84. The summed E-state index contributed by atoms with van der Waals surface area (Å²) in [5.41, 5.74) is 6.34. The molecule has 0 spiro atoms. The number of hydrogen-bond acceptors (Lipinski definition) is 8. The van der Waals surface area contributed by atoms with Gasteiger partial charge in [0.05, 0.1) is 40.8 Å². The van der Waals surface area contributed by atoms with E-state index in [1.165, 1.54) is 0 Å². The first-order chi connectivity index (χ1) is 26.1. The quantitative estimate of drug-likeness (QED) is 0.158. The first kappa shape index (κ1) is 41.5.